The summed E-state index contributed by atoms with van der Waals surface area (Å²) in [4.78, 5) is 27.5. The van der Waals surface area contributed by atoms with Crippen molar-refractivity contribution in [2.45, 2.75) is 33.7 Å². The van der Waals surface area contributed by atoms with Gasteiger partial charge < -0.3 is 29.3 Å². The maximum absolute atomic E-state index is 13.1. The van der Waals surface area contributed by atoms with Crippen LogP contribution in [-0.2, 0) is 14.3 Å². The van der Waals surface area contributed by atoms with Crippen LogP contribution in [0.2, 0.25) is 0 Å². The minimum absolute atomic E-state index is 0.0329. The number of Topliss-reactive ketones (excluding diaryl/α,β-unsaturated/α-hetero) is 1. The zero-order chi connectivity index (χ0) is 25.7. The van der Waals surface area contributed by atoms with E-state index < -0.39 is 17.7 Å². The first-order valence-corrected chi connectivity index (χ1v) is 11.7. The number of nitrogens with zero attached hydrogens (tertiary/aromatic N) is 1. The number of carbonyl (C=O) groups excluding carboxylic acids is 2. The number of aliphatic hydroxyl groups is 1. The number of aryl methyl sites for hydroxylation is 1. The van der Waals surface area contributed by atoms with Crippen molar-refractivity contribution >= 4 is 17.4 Å². The fourth-order valence-electron chi connectivity index (χ4n) is 3.99. The molecule has 1 aliphatic heterocycles. The Kier molecular flexibility index (Phi) is 8.40. The molecule has 0 aromatic heterocycles. The third-order valence-corrected chi connectivity index (χ3v) is 5.70. The lowest BCUT2D eigenvalue weighted by Gasteiger charge is -2.25. The molecule has 1 aliphatic rings. The highest BCUT2D eigenvalue weighted by atomic mass is 16.5. The second-order valence-corrected chi connectivity index (χ2v) is 8.83. The number of phenols is 1. The second kappa shape index (κ2) is 11.3. The van der Waals surface area contributed by atoms with Crippen LogP contribution in [0.5, 0.6) is 17.2 Å². The normalized spacial score (nSPS) is 17.3. The Morgan fingerprint density at radius 1 is 1.09 bits per heavy atom. The highest BCUT2D eigenvalue weighted by molar-refractivity contribution is 6.46. The molecule has 1 atom stereocenters. The molecule has 0 spiro atoms. The van der Waals surface area contributed by atoms with Crippen molar-refractivity contribution in [3.8, 4) is 17.2 Å². The number of ether oxygens (including phenoxy) is 3. The average molecular weight is 484 g/mol. The molecule has 2 aromatic rings. The predicted octanol–water partition coefficient (Wildman–Crippen LogP) is 4.20. The lowest BCUT2D eigenvalue weighted by Crippen LogP contribution is -2.32. The highest BCUT2D eigenvalue weighted by Gasteiger charge is 2.46. The smallest absolute Gasteiger partial charge is 0.295 e. The van der Waals surface area contributed by atoms with Gasteiger partial charge in [0.15, 0.2) is 11.5 Å². The number of hydrogen-bond acceptors (Lipinski definition) is 7. The summed E-state index contributed by atoms with van der Waals surface area (Å²) in [6, 6.07) is 8.90. The van der Waals surface area contributed by atoms with Crippen LogP contribution in [0.15, 0.2) is 42.0 Å². The van der Waals surface area contributed by atoms with Gasteiger partial charge in [-0.25, -0.2) is 0 Å². The Hall–Kier alpha value is -3.52. The quantitative estimate of drug-likeness (QED) is 0.296. The first kappa shape index (κ1) is 26.1. The highest BCUT2D eigenvalue weighted by Crippen LogP contribution is 2.42. The van der Waals surface area contributed by atoms with Crippen LogP contribution >= 0.6 is 0 Å². The first-order valence-electron chi connectivity index (χ1n) is 11.7. The number of likely N-dealkylation sites (tertiary alicyclic amines) is 1. The Balaban J connectivity index is 2.11. The number of carbonyl (C=O) groups is 2. The van der Waals surface area contributed by atoms with E-state index in [1.807, 2.05) is 6.92 Å². The topological polar surface area (TPSA) is 106 Å². The van der Waals surface area contributed by atoms with Gasteiger partial charge in [-0.05, 0) is 61.2 Å². The molecule has 0 aliphatic carbocycles. The van der Waals surface area contributed by atoms with Gasteiger partial charge in [0.1, 0.15) is 11.5 Å². The van der Waals surface area contributed by atoms with Crippen molar-refractivity contribution in [2.24, 2.45) is 5.92 Å². The van der Waals surface area contributed by atoms with Gasteiger partial charge in [0.25, 0.3) is 11.7 Å². The van der Waals surface area contributed by atoms with Crippen molar-refractivity contribution < 1.29 is 34.0 Å². The summed E-state index contributed by atoms with van der Waals surface area (Å²) in [7, 11) is 1.50. The maximum atomic E-state index is 13.1. The van der Waals surface area contributed by atoms with Crippen molar-refractivity contribution in [1.82, 2.24) is 4.90 Å². The summed E-state index contributed by atoms with van der Waals surface area (Å²) in [6.45, 7) is 8.99. The summed E-state index contributed by atoms with van der Waals surface area (Å²) in [5, 5.41) is 21.4. The van der Waals surface area contributed by atoms with Crippen LogP contribution < -0.4 is 9.47 Å². The van der Waals surface area contributed by atoms with Gasteiger partial charge >= 0.3 is 0 Å². The predicted molar refractivity (Wildman–Crippen MR) is 132 cm³/mol. The molecule has 8 heteroatoms. The molecule has 1 heterocycles. The number of ketones is 1. The number of benzene rings is 2. The number of amides is 1. The fraction of sp³-hybridized carbons (Fsp3) is 0.407. The van der Waals surface area contributed by atoms with Crippen molar-refractivity contribution in [3.05, 3.63) is 58.7 Å². The van der Waals surface area contributed by atoms with Crippen molar-refractivity contribution in [3.63, 3.8) is 0 Å². The van der Waals surface area contributed by atoms with Gasteiger partial charge in [-0.2, -0.15) is 0 Å². The molecule has 188 valence electrons. The van der Waals surface area contributed by atoms with E-state index in [4.69, 9.17) is 14.2 Å². The molecule has 0 bridgehead atoms. The molecule has 3 rings (SSSR count). The summed E-state index contributed by atoms with van der Waals surface area (Å²) in [5.74, 6) is -0.579. The molecule has 8 nitrogen and oxygen atoms in total. The Morgan fingerprint density at radius 2 is 1.83 bits per heavy atom. The molecule has 2 N–H and O–H groups in total. The third kappa shape index (κ3) is 5.59. The number of rotatable bonds is 10. The molecule has 1 saturated heterocycles. The van der Waals surface area contributed by atoms with E-state index in [9.17, 15) is 19.8 Å². The SMILES string of the molecule is CCOc1cc(C2/C(=C(\O)c3ccc(OCC(C)C)c(C)c3)C(=O)C(=O)N2CCOC)ccc1O. The molecule has 1 unspecified atom stereocenters. The standard InChI is InChI=1S/C27H33NO7/c1-6-34-22-14-18(7-9-20(22)29)24-23(26(31)27(32)28(24)11-12-33-5)25(30)19-8-10-21(17(4)13-19)35-15-16(2)3/h7-10,13-14,16,24,29-30H,6,11-12,15H2,1-5H3/b25-23+. The van der Waals surface area contributed by atoms with Gasteiger partial charge in [-0.15, -0.1) is 0 Å². The fourth-order valence-corrected chi connectivity index (χ4v) is 3.99. The van der Waals surface area contributed by atoms with E-state index in [1.54, 1.807) is 37.3 Å². The Morgan fingerprint density at radius 3 is 2.46 bits per heavy atom. The van der Waals surface area contributed by atoms with Crippen molar-refractivity contribution in [1.29, 1.82) is 0 Å². The molecule has 35 heavy (non-hydrogen) atoms. The summed E-state index contributed by atoms with van der Waals surface area (Å²) < 4.78 is 16.5. The molecule has 0 saturated carbocycles. The number of methoxy groups -OCH3 is 1. The zero-order valence-electron chi connectivity index (χ0n) is 20.8. The van der Waals surface area contributed by atoms with E-state index in [0.29, 0.717) is 36.0 Å². The maximum Gasteiger partial charge on any atom is 0.295 e. The van der Waals surface area contributed by atoms with Crippen LogP contribution in [-0.4, -0.2) is 60.3 Å². The number of phenolic OH excluding ortho intramolecular Hbond substituents is 1. The van der Waals surface area contributed by atoms with Crippen molar-refractivity contribution in [2.75, 3.05) is 33.5 Å². The molecule has 0 radical (unpaired) electrons. The lowest BCUT2D eigenvalue weighted by molar-refractivity contribution is -0.140. The van der Waals surface area contributed by atoms with Gasteiger partial charge in [0, 0.05) is 19.2 Å². The second-order valence-electron chi connectivity index (χ2n) is 8.83. The minimum atomic E-state index is -0.873. The average Bonchev–Trinajstić information content (AvgIpc) is 3.07. The number of hydrogen-bond donors (Lipinski definition) is 2. The first-order chi connectivity index (χ1) is 16.7. The van der Waals surface area contributed by atoms with Gasteiger partial charge in [0.05, 0.1) is 31.4 Å². The van der Waals surface area contributed by atoms with Crippen LogP contribution in [0.1, 0.15) is 43.5 Å². The third-order valence-electron chi connectivity index (χ3n) is 5.70. The van der Waals surface area contributed by atoms with E-state index in [0.717, 1.165) is 5.56 Å². The molecule has 2 aromatic carbocycles. The van der Waals surface area contributed by atoms with E-state index in [2.05, 4.69) is 13.8 Å². The molecule has 1 fully saturated rings. The molecular weight excluding hydrogens is 450 g/mol. The number of aromatic hydroxyl groups is 1. The van der Waals surface area contributed by atoms with Crippen LogP contribution in [0.3, 0.4) is 0 Å². The summed E-state index contributed by atoms with van der Waals surface area (Å²) in [5.41, 5.74) is 1.69. The van der Waals surface area contributed by atoms with Crippen LogP contribution in [0.4, 0.5) is 0 Å². The lowest BCUT2D eigenvalue weighted by atomic mass is 9.94. The largest absolute Gasteiger partial charge is 0.507 e. The number of aliphatic hydroxyl groups excluding tert-OH is 1. The summed E-state index contributed by atoms with van der Waals surface area (Å²) >= 11 is 0. The van der Waals surface area contributed by atoms with Gasteiger partial charge in [-0.3, -0.25) is 9.59 Å². The summed E-state index contributed by atoms with van der Waals surface area (Å²) in [6.07, 6.45) is 0. The molecular formula is C27H33NO7. The van der Waals surface area contributed by atoms with Crippen LogP contribution in [0, 0.1) is 12.8 Å². The van der Waals surface area contributed by atoms with E-state index in [-0.39, 0.29) is 36.0 Å². The zero-order valence-corrected chi connectivity index (χ0v) is 20.8. The Labute approximate surface area is 205 Å². The monoisotopic (exact) mass is 483 g/mol. The minimum Gasteiger partial charge on any atom is -0.507 e. The van der Waals surface area contributed by atoms with E-state index >= 15 is 0 Å². The molecule has 1 amide bonds. The van der Waals surface area contributed by atoms with E-state index in [1.165, 1.54) is 18.1 Å². The van der Waals surface area contributed by atoms with Gasteiger partial charge in [0.2, 0.25) is 0 Å². The van der Waals surface area contributed by atoms with Gasteiger partial charge in [-0.1, -0.05) is 19.9 Å². The van der Waals surface area contributed by atoms with Crippen LogP contribution in [0.25, 0.3) is 5.76 Å². The Bertz CT molecular complexity index is 1120.